The fourth-order valence-corrected chi connectivity index (χ4v) is 3.91. The van der Waals surface area contributed by atoms with Crippen molar-refractivity contribution >= 4 is 5.91 Å². The molecule has 0 saturated carbocycles. The molecule has 0 fully saturated rings. The molecule has 0 saturated heterocycles. The third kappa shape index (κ3) is 4.34. The van der Waals surface area contributed by atoms with E-state index in [9.17, 15) is 4.79 Å². The summed E-state index contributed by atoms with van der Waals surface area (Å²) in [7, 11) is 1.65. The van der Waals surface area contributed by atoms with Gasteiger partial charge in [-0.25, -0.2) is 0 Å². The van der Waals surface area contributed by atoms with Crippen molar-refractivity contribution < 1.29 is 9.53 Å². The first-order valence-electron chi connectivity index (χ1n) is 10.1. The second-order valence-electron chi connectivity index (χ2n) is 7.21. The summed E-state index contributed by atoms with van der Waals surface area (Å²) < 4.78 is 7.80. The zero-order chi connectivity index (χ0) is 20.8. The first-order chi connectivity index (χ1) is 14.1. The SMILES string of the molecule is CCCCCc1c(-c2ccccc2OC)c(C(N)=O)c(C)n1Cc1ccccn1. The van der Waals surface area contributed by atoms with Crippen molar-refractivity contribution in [1.82, 2.24) is 9.55 Å². The van der Waals surface area contributed by atoms with Gasteiger partial charge in [-0.15, -0.1) is 0 Å². The zero-order valence-electron chi connectivity index (χ0n) is 17.4. The molecule has 2 N–H and O–H groups in total. The van der Waals surface area contributed by atoms with Crippen LogP contribution in [0.1, 0.15) is 53.6 Å². The molecule has 0 aliphatic heterocycles. The van der Waals surface area contributed by atoms with Crippen LogP contribution in [0.25, 0.3) is 11.1 Å². The number of pyridine rings is 1. The topological polar surface area (TPSA) is 70.1 Å². The van der Waals surface area contributed by atoms with E-state index in [1.807, 2.05) is 49.4 Å². The van der Waals surface area contributed by atoms with Crippen LogP contribution in [0.3, 0.4) is 0 Å². The monoisotopic (exact) mass is 391 g/mol. The molecule has 29 heavy (non-hydrogen) atoms. The minimum atomic E-state index is -0.417. The van der Waals surface area contributed by atoms with E-state index >= 15 is 0 Å². The van der Waals surface area contributed by atoms with Crippen LogP contribution in [-0.2, 0) is 13.0 Å². The highest BCUT2D eigenvalue weighted by Gasteiger charge is 2.26. The number of methoxy groups -OCH3 is 1. The molecular formula is C24H29N3O2. The van der Waals surface area contributed by atoms with Crippen LogP contribution in [0.5, 0.6) is 5.75 Å². The number of para-hydroxylation sites is 1. The van der Waals surface area contributed by atoms with Gasteiger partial charge in [0.15, 0.2) is 0 Å². The number of hydrogen-bond acceptors (Lipinski definition) is 3. The van der Waals surface area contributed by atoms with Gasteiger partial charge in [-0.3, -0.25) is 9.78 Å². The maximum absolute atomic E-state index is 12.5. The third-order valence-electron chi connectivity index (χ3n) is 5.32. The van der Waals surface area contributed by atoms with Gasteiger partial charge in [0.2, 0.25) is 0 Å². The van der Waals surface area contributed by atoms with Gasteiger partial charge >= 0.3 is 0 Å². The van der Waals surface area contributed by atoms with Gasteiger partial charge in [-0.05, 0) is 38.0 Å². The van der Waals surface area contributed by atoms with Crippen molar-refractivity contribution in [3.8, 4) is 16.9 Å². The molecule has 1 amide bonds. The van der Waals surface area contributed by atoms with Crippen LogP contribution >= 0.6 is 0 Å². The Bertz CT molecular complexity index is 977. The van der Waals surface area contributed by atoms with Crippen LogP contribution in [-0.4, -0.2) is 22.6 Å². The van der Waals surface area contributed by atoms with Gasteiger partial charge in [0, 0.05) is 28.7 Å². The molecule has 0 spiro atoms. The van der Waals surface area contributed by atoms with Crippen LogP contribution in [0.4, 0.5) is 0 Å². The van der Waals surface area contributed by atoms with E-state index in [0.717, 1.165) is 59.6 Å². The van der Waals surface area contributed by atoms with Crippen molar-refractivity contribution in [2.45, 2.75) is 46.1 Å². The predicted molar refractivity (Wildman–Crippen MR) is 116 cm³/mol. The lowest BCUT2D eigenvalue weighted by Gasteiger charge is -2.14. The molecular weight excluding hydrogens is 362 g/mol. The number of unbranched alkanes of at least 4 members (excludes halogenated alkanes) is 2. The smallest absolute Gasteiger partial charge is 0.251 e. The van der Waals surface area contributed by atoms with Gasteiger partial charge in [0.1, 0.15) is 5.75 Å². The molecule has 0 atom stereocenters. The average molecular weight is 392 g/mol. The molecule has 5 heteroatoms. The quantitative estimate of drug-likeness (QED) is 0.535. The predicted octanol–water partition coefficient (Wildman–Crippen LogP) is 4.75. The summed E-state index contributed by atoms with van der Waals surface area (Å²) >= 11 is 0. The Morgan fingerprint density at radius 1 is 1.14 bits per heavy atom. The molecule has 3 rings (SSSR count). The maximum atomic E-state index is 12.5. The number of rotatable bonds is 9. The molecule has 5 nitrogen and oxygen atoms in total. The van der Waals surface area contributed by atoms with Gasteiger partial charge < -0.3 is 15.0 Å². The molecule has 0 unspecified atom stereocenters. The molecule has 0 aliphatic carbocycles. The molecule has 3 aromatic rings. The van der Waals surface area contributed by atoms with Gasteiger partial charge in [-0.2, -0.15) is 0 Å². The Balaban J connectivity index is 2.23. The Morgan fingerprint density at radius 3 is 2.55 bits per heavy atom. The Kier molecular flexibility index (Phi) is 6.70. The van der Waals surface area contributed by atoms with Crippen LogP contribution in [0.2, 0.25) is 0 Å². The Hall–Kier alpha value is -3.08. The Labute approximate surface area is 172 Å². The molecule has 152 valence electrons. The van der Waals surface area contributed by atoms with E-state index in [0.29, 0.717) is 12.1 Å². The molecule has 1 aromatic carbocycles. The van der Waals surface area contributed by atoms with E-state index in [4.69, 9.17) is 10.5 Å². The highest BCUT2D eigenvalue weighted by Crippen LogP contribution is 2.39. The lowest BCUT2D eigenvalue weighted by Crippen LogP contribution is -2.14. The number of aromatic nitrogens is 2. The van der Waals surface area contributed by atoms with Crippen molar-refractivity contribution in [2.75, 3.05) is 7.11 Å². The number of hydrogen-bond donors (Lipinski definition) is 1. The lowest BCUT2D eigenvalue weighted by molar-refractivity contribution is 0.1000. The standard InChI is InChI=1S/C24H29N3O2/c1-4-5-6-13-20-23(19-12-7-8-14-21(19)29-3)22(24(25)28)17(2)27(20)16-18-11-9-10-15-26-18/h7-12,14-15H,4-6,13,16H2,1-3H3,(H2,25,28). The number of nitrogens with zero attached hydrogens (tertiary/aromatic N) is 2. The second-order valence-corrected chi connectivity index (χ2v) is 7.21. The van der Waals surface area contributed by atoms with Gasteiger partial charge in [0.05, 0.1) is 24.9 Å². The van der Waals surface area contributed by atoms with E-state index in [2.05, 4.69) is 16.5 Å². The summed E-state index contributed by atoms with van der Waals surface area (Å²) in [5.41, 5.74) is 11.2. The fourth-order valence-electron chi connectivity index (χ4n) is 3.91. The summed E-state index contributed by atoms with van der Waals surface area (Å²) in [6.07, 6.45) is 5.96. The molecule has 0 aliphatic rings. The van der Waals surface area contributed by atoms with E-state index < -0.39 is 5.91 Å². The normalized spacial score (nSPS) is 10.9. The summed E-state index contributed by atoms with van der Waals surface area (Å²) in [5.74, 6) is 0.321. The fraction of sp³-hybridized carbons (Fsp3) is 0.333. The highest BCUT2D eigenvalue weighted by atomic mass is 16.5. The van der Waals surface area contributed by atoms with Crippen molar-refractivity contribution in [2.24, 2.45) is 5.73 Å². The first-order valence-corrected chi connectivity index (χ1v) is 10.1. The number of carbonyl (C=O) groups excluding carboxylic acids is 1. The average Bonchev–Trinajstić information content (AvgIpc) is 3.00. The number of primary amides is 1. The van der Waals surface area contributed by atoms with E-state index in [1.165, 1.54) is 0 Å². The summed E-state index contributed by atoms with van der Waals surface area (Å²) in [4.78, 5) is 17.0. The highest BCUT2D eigenvalue weighted by molar-refractivity contribution is 6.03. The number of ether oxygens (including phenoxy) is 1. The number of benzene rings is 1. The zero-order valence-corrected chi connectivity index (χ0v) is 17.4. The van der Waals surface area contributed by atoms with E-state index in [1.54, 1.807) is 13.3 Å². The Morgan fingerprint density at radius 2 is 1.90 bits per heavy atom. The lowest BCUT2D eigenvalue weighted by atomic mass is 9.96. The second kappa shape index (κ2) is 9.41. The van der Waals surface area contributed by atoms with Crippen LogP contribution < -0.4 is 10.5 Å². The summed E-state index contributed by atoms with van der Waals surface area (Å²) in [6, 6.07) is 13.7. The van der Waals surface area contributed by atoms with E-state index in [-0.39, 0.29) is 0 Å². The van der Waals surface area contributed by atoms with Crippen molar-refractivity contribution in [3.05, 3.63) is 71.3 Å². The number of carbonyl (C=O) groups is 1. The number of amides is 1. The van der Waals surface area contributed by atoms with Gasteiger partial charge in [0.25, 0.3) is 5.91 Å². The molecule has 0 radical (unpaired) electrons. The number of nitrogens with two attached hydrogens (primary N) is 1. The van der Waals surface area contributed by atoms with Crippen LogP contribution in [0, 0.1) is 6.92 Å². The van der Waals surface area contributed by atoms with Crippen molar-refractivity contribution in [3.63, 3.8) is 0 Å². The molecule has 0 bridgehead atoms. The largest absolute Gasteiger partial charge is 0.496 e. The summed E-state index contributed by atoms with van der Waals surface area (Å²) in [6.45, 7) is 4.75. The van der Waals surface area contributed by atoms with Crippen molar-refractivity contribution in [1.29, 1.82) is 0 Å². The van der Waals surface area contributed by atoms with Gasteiger partial charge in [-0.1, -0.05) is 44.0 Å². The third-order valence-corrected chi connectivity index (χ3v) is 5.32. The maximum Gasteiger partial charge on any atom is 0.251 e. The minimum absolute atomic E-state index is 0.417. The first kappa shape index (κ1) is 20.6. The molecule has 2 aromatic heterocycles. The van der Waals surface area contributed by atoms with Crippen LogP contribution in [0.15, 0.2) is 48.7 Å². The summed E-state index contributed by atoms with van der Waals surface area (Å²) in [5, 5.41) is 0. The minimum Gasteiger partial charge on any atom is -0.496 e. The molecule has 2 heterocycles.